The quantitative estimate of drug-likeness (QED) is 0.555. The maximum atomic E-state index is 11.6. The van der Waals surface area contributed by atoms with E-state index in [-0.39, 0.29) is 13.2 Å². The monoisotopic (exact) mass is 393 g/mol. The Morgan fingerprint density at radius 3 is 2.83 bits per heavy atom. The lowest BCUT2D eigenvalue weighted by atomic mass is 10.2. The van der Waals surface area contributed by atoms with Gasteiger partial charge in [0, 0.05) is 0 Å². The summed E-state index contributed by atoms with van der Waals surface area (Å²) in [6.45, 7) is 1.56. The molecule has 2 rings (SSSR count). The zero-order chi connectivity index (χ0) is 17.4. The molecule has 0 spiro atoms. The Hall–Kier alpha value is -2.61. The van der Waals surface area contributed by atoms with Crippen LogP contribution in [0.3, 0.4) is 0 Å². The van der Waals surface area contributed by atoms with Crippen molar-refractivity contribution in [3.05, 3.63) is 52.4 Å². The van der Waals surface area contributed by atoms with Crippen LogP contribution in [0, 0.1) is 6.92 Å². The van der Waals surface area contributed by atoms with Crippen LogP contribution in [-0.2, 0) is 9.59 Å². The number of furan rings is 1. The highest BCUT2D eigenvalue weighted by atomic mass is 79.9. The summed E-state index contributed by atoms with van der Waals surface area (Å²) in [6, 6.07) is 10.7. The average Bonchev–Trinajstić information content (AvgIpc) is 2.96. The molecule has 0 bridgehead atoms. The van der Waals surface area contributed by atoms with E-state index in [1.807, 2.05) is 25.1 Å². The van der Waals surface area contributed by atoms with E-state index in [1.165, 1.54) is 6.21 Å². The van der Waals surface area contributed by atoms with E-state index in [4.69, 9.17) is 9.15 Å². The Morgan fingerprint density at radius 1 is 1.29 bits per heavy atom. The Labute approximate surface area is 147 Å². The van der Waals surface area contributed by atoms with Crippen molar-refractivity contribution in [3.8, 4) is 5.75 Å². The molecule has 0 atom stereocenters. The number of hydrazone groups is 1. The third-order valence-electron chi connectivity index (χ3n) is 2.78. The van der Waals surface area contributed by atoms with Gasteiger partial charge in [0.25, 0.3) is 11.8 Å². The first kappa shape index (κ1) is 17.7. The Bertz CT molecular complexity index is 742. The highest BCUT2D eigenvalue weighted by molar-refractivity contribution is 9.10. The Kier molecular flexibility index (Phi) is 6.56. The van der Waals surface area contributed by atoms with E-state index in [0.717, 1.165) is 5.56 Å². The number of carbonyl (C=O) groups is 2. The normalized spacial score (nSPS) is 10.6. The van der Waals surface area contributed by atoms with Gasteiger partial charge in [-0.15, -0.1) is 0 Å². The fourth-order valence-electron chi connectivity index (χ4n) is 1.69. The number of carbonyl (C=O) groups excluding carboxylic acids is 2. The molecular weight excluding hydrogens is 378 g/mol. The fourth-order valence-corrected chi connectivity index (χ4v) is 2.01. The van der Waals surface area contributed by atoms with Crippen LogP contribution in [0.4, 0.5) is 0 Å². The van der Waals surface area contributed by atoms with Crippen LogP contribution < -0.4 is 15.5 Å². The summed E-state index contributed by atoms with van der Waals surface area (Å²) in [7, 11) is 0. The van der Waals surface area contributed by atoms with E-state index in [9.17, 15) is 9.59 Å². The zero-order valence-corrected chi connectivity index (χ0v) is 14.5. The molecule has 24 heavy (non-hydrogen) atoms. The highest BCUT2D eigenvalue weighted by Crippen LogP contribution is 2.12. The molecule has 0 fully saturated rings. The smallest absolute Gasteiger partial charge is 0.259 e. The molecule has 2 N–H and O–H groups in total. The van der Waals surface area contributed by atoms with Crippen molar-refractivity contribution >= 4 is 34.0 Å². The van der Waals surface area contributed by atoms with Crippen LogP contribution in [-0.4, -0.2) is 31.2 Å². The van der Waals surface area contributed by atoms with Gasteiger partial charge in [-0.2, -0.15) is 5.10 Å². The van der Waals surface area contributed by atoms with Crippen LogP contribution in [0.5, 0.6) is 5.75 Å². The van der Waals surface area contributed by atoms with Crippen LogP contribution in [0.15, 0.2) is 50.6 Å². The molecule has 0 aliphatic rings. The molecule has 0 aliphatic carbocycles. The predicted octanol–water partition coefficient (Wildman–Crippen LogP) is 2.00. The molecule has 1 heterocycles. The van der Waals surface area contributed by atoms with Gasteiger partial charge in [-0.05, 0) is 52.7 Å². The first-order valence-corrected chi connectivity index (χ1v) is 7.85. The summed E-state index contributed by atoms with van der Waals surface area (Å²) in [5.74, 6) is 0.230. The van der Waals surface area contributed by atoms with Gasteiger partial charge in [-0.3, -0.25) is 9.59 Å². The minimum Gasteiger partial charge on any atom is -0.484 e. The largest absolute Gasteiger partial charge is 0.484 e. The number of halogens is 1. The zero-order valence-electron chi connectivity index (χ0n) is 12.9. The first-order chi connectivity index (χ1) is 11.5. The molecule has 7 nitrogen and oxygen atoms in total. The lowest BCUT2D eigenvalue weighted by molar-refractivity contribution is -0.127. The molecule has 0 radical (unpaired) electrons. The van der Waals surface area contributed by atoms with Crippen LogP contribution in [0.1, 0.15) is 11.3 Å². The van der Waals surface area contributed by atoms with Gasteiger partial charge in [0.15, 0.2) is 11.3 Å². The molecule has 0 saturated carbocycles. The minimum atomic E-state index is -0.458. The summed E-state index contributed by atoms with van der Waals surface area (Å²) < 4.78 is 11.1. The van der Waals surface area contributed by atoms with Crippen molar-refractivity contribution < 1.29 is 18.7 Å². The molecule has 126 valence electrons. The van der Waals surface area contributed by atoms with Crippen molar-refractivity contribution in [3.63, 3.8) is 0 Å². The number of benzene rings is 1. The SMILES string of the molecule is Cc1cccc(OCC(=O)NCC(=O)N/N=C/c2ccc(Br)o2)c1. The molecule has 0 unspecified atom stereocenters. The third kappa shape index (κ3) is 6.25. The molecule has 0 aliphatic heterocycles. The molecule has 1 aromatic heterocycles. The standard InChI is InChI=1S/C16H16BrN3O4/c1-11-3-2-4-12(7-11)23-10-16(22)18-9-15(21)20-19-8-13-5-6-14(17)24-13/h2-8H,9-10H2,1H3,(H,18,22)(H,20,21)/b19-8+. The van der Waals surface area contributed by atoms with Crippen molar-refractivity contribution in [2.24, 2.45) is 5.10 Å². The van der Waals surface area contributed by atoms with Gasteiger partial charge in [0.2, 0.25) is 0 Å². The lowest BCUT2D eigenvalue weighted by Crippen LogP contribution is -2.37. The lowest BCUT2D eigenvalue weighted by Gasteiger charge is -2.07. The van der Waals surface area contributed by atoms with Crippen LogP contribution in [0.25, 0.3) is 0 Å². The summed E-state index contributed by atoms with van der Waals surface area (Å²) >= 11 is 3.15. The van der Waals surface area contributed by atoms with E-state index < -0.39 is 11.8 Å². The van der Waals surface area contributed by atoms with E-state index in [1.54, 1.807) is 18.2 Å². The van der Waals surface area contributed by atoms with Gasteiger partial charge in [-0.1, -0.05) is 12.1 Å². The van der Waals surface area contributed by atoms with Gasteiger partial charge in [0.1, 0.15) is 11.5 Å². The number of nitrogens with one attached hydrogen (secondary N) is 2. The minimum absolute atomic E-state index is 0.166. The number of ether oxygens (including phenoxy) is 1. The highest BCUT2D eigenvalue weighted by Gasteiger charge is 2.06. The van der Waals surface area contributed by atoms with Crippen LogP contribution >= 0.6 is 15.9 Å². The summed E-state index contributed by atoms with van der Waals surface area (Å²) in [4.78, 5) is 23.2. The molecule has 0 saturated heterocycles. The summed E-state index contributed by atoms with van der Waals surface area (Å²) in [5, 5.41) is 6.15. The molecule has 2 amide bonds. The van der Waals surface area contributed by atoms with E-state index in [0.29, 0.717) is 16.2 Å². The molecule has 2 aromatic rings. The number of rotatable bonds is 7. The number of hydrogen-bond donors (Lipinski definition) is 2. The van der Waals surface area contributed by atoms with Crippen molar-refractivity contribution in [2.75, 3.05) is 13.2 Å². The Morgan fingerprint density at radius 2 is 2.12 bits per heavy atom. The van der Waals surface area contributed by atoms with E-state index >= 15 is 0 Å². The summed E-state index contributed by atoms with van der Waals surface area (Å²) in [5.41, 5.74) is 3.31. The third-order valence-corrected chi connectivity index (χ3v) is 3.21. The maximum absolute atomic E-state index is 11.6. The van der Waals surface area contributed by atoms with Gasteiger partial charge < -0.3 is 14.5 Å². The molecular formula is C16H16BrN3O4. The van der Waals surface area contributed by atoms with Crippen molar-refractivity contribution in [1.29, 1.82) is 0 Å². The van der Waals surface area contributed by atoms with Gasteiger partial charge in [0.05, 0.1) is 12.8 Å². The second kappa shape index (κ2) is 8.88. The fraction of sp³-hybridized carbons (Fsp3) is 0.188. The number of nitrogens with zero attached hydrogens (tertiary/aromatic N) is 1. The second-order valence-corrected chi connectivity index (χ2v) is 5.60. The first-order valence-electron chi connectivity index (χ1n) is 7.06. The number of aryl methyl sites for hydroxylation is 1. The summed E-state index contributed by atoms with van der Waals surface area (Å²) in [6.07, 6.45) is 1.35. The molecule has 8 heteroatoms. The average molecular weight is 394 g/mol. The second-order valence-electron chi connectivity index (χ2n) is 4.82. The predicted molar refractivity (Wildman–Crippen MR) is 91.8 cm³/mol. The van der Waals surface area contributed by atoms with E-state index in [2.05, 4.69) is 31.8 Å². The van der Waals surface area contributed by atoms with Gasteiger partial charge in [-0.25, -0.2) is 5.43 Å². The van der Waals surface area contributed by atoms with Crippen molar-refractivity contribution in [2.45, 2.75) is 6.92 Å². The van der Waals surface area contributed by atoms with Crippen LogP contribution in [0.2, 0.25) is 0 Å². The van der Waals surface area contributed by atoms with Crippen molar-refractivity contribution in [1.82, 2.24) is 10.7 Å². The topological polar surface area (TPSA) is 92.9 Å². The maximum Gasteiger partial charge on any atom is 0.259 e. The molecule has 1 aromatic carbocycles. The van der Waals surface area contributed by atoms with Gasteiger partial charge >= 0.3 is 0 Å². The number of hydrogen-bond acceptors (Lipinski definition) is 5. The Balaban J connectivity index is 1.65. The number of amides is 2.